The van der Waals surface area contributed by atoms with Crippen molar-refractivity contribution in [1.29, 1.82) is 0 Å². The van der Waals surface area contributed by atoms with Crippen LogP contribution in [0.5, 0.6) is 0 Å². The second-order valence-electron chi connectivity index (χ2n) is 4.72. The maximum absolute atomic E-state index is 6.43. The molecular formula is C17H11ClN2. The molecule has 0 amide bonds. The Labute approximate surface area is 121 Å². The van der Waals surface area contributed by atoms with Crippen molar-refractivity contribution >= 4 is 28.0 Å². The fraction of sp³-hybridized carbons (Fsp3) is 0. The Kier molecular flexibility index (Phi) is 2.51. The van der Waals surface area contributed by atoms with Gasteiger partial charge in [-0.05, 0) is 6.07 Å². The molecule has 4 rings (SSSR count). The molecule has 0 spiro atoms. The van der Waals surface area contributed by atoms with Gasteiger partial charge in [-0.15, -0.1) is 0 Å². The lowest BCUT2D eigenvalue weighted by molar-refractivity contribution is 1.18. The molecule has 0 bridgehead atoms. The normalized spacial score (nSPS) is 11.2. The quantitative estimate of drug-likeness (QED) is 0.488. The van der Waals surface area contributed by atoms with Gasteiger partial charge in [-0.2, -0.15) is 0 Å². The summed E-state index contributed by atoms with van der Waals surface area (Å²) in [5.41, 5.74) is 4.08. The molecule has 2 aromatic heterocycles. The van der Waals surface area contributed by atoms with E-state index >= 15 is 0 Å². The van der Waals surface area contributed by atoms with Gasteiger partial charge in [0.2, 0.25) is 0 Å². The van der Waals surface area contributed by atoms with Gasteiger partial charge < -0.3 is 4.40 Å². The first-order chi connectivity index (χ1) is 9.84. The summed E-state index contributed by atoms with van der Waals surface area (Å²) in [5.74, 6) is 0. The molecule has 2 heterocycles. The Hall–Kier alpha value is -2.32. The maximum Gasteiger partial charge on any atom is 0.0868 e. The van der Waals surface area contributed by atoms with E-state index in [2.05, 4.69) is 27.6 Å². The van der Waals surface area contributed by atoms with Crippen LogP contribution in [-0.2, 0) is 0 Å². The predicted octanol–water partition coefficient (Wildman–Crippen LogP) is 4.81. The summed E-state index contributed by atoms with van der Waals surface area (Å²) in [6, 6.07) is 18.3. The van der Waals surface area contributed by atoms with Crippen molar-refractivity contribution in [3.8, 4) is 11.3 Å². The van der Waals surface area contributed by atoms with Gasteiger partial charge in [0.25, 0.3) is 0 Å². The predicted molar refractivity (Wildman–Crippen MR) is 83.1 cm³/mol. The minimum atomic E-state index is 0.757. The van der Waals surface area contributed by atoms with Crippen LogP contribution >= 0.6 is 11.6 Å². The van der Waals surface area contributed by atoms with Gasteiger partial charge in [0.1, 0.15) is 0 Å². The molecule has 0 aliphatic carbocycles. The Morgan fingerprint density at radius 3 is 2.45 bits per heavy atom. The second kappa shape index (κ2) is 4.36. The van der Waals surface area contributed by atoms with Crippen molar-refractivity contribution in [2.75, 3.05) is 0 Å². The topological polar surface area (TPSA) is 17.3 Å². The largest absolute Gasteiger partial charge is 0.312 e. The molecular weight excluding hydrogens is 268 g/mol. The first-order valence-electron chi connectivity index (χ1n) is 6.44. The van der Waals surface area contributed by atoms with E-state index in [-0.39, 0.29) is 0 Å². The number of benzene rings is 2. The molecule has 0 unspecified atom stereocenters. The summed E-state index contributed by atoms with van der Waals surface area (Å²) >= 11 is 6.43. The Bertz CT molecular complexity index is 910. The van der Waals surface area contributed by atoms with Gasteiger partial charge in [-0.3, -0.25) is 4.98 Å². The van der Waals surface area contributed by atoms with Crippen LogP contribution in [0.1, 0.15) is 0 Å². The molecule has 0 N–H and O–H groups in total. The first kappa shape index (κ1) is 11.5. The number of rotatable bonds is 1. The van der Waals surface area contributed by atoms with E-state index in [4.69, 9.17) is 11.6 Å². The van der Waals surface area contributed by atoms with Crippen LogP contribution in [-0.4, -0.2) is 9.38 Å². The third kappa shape index (κ3) is 1.62. The lowest BCUT2D eigenvalue weighted by Gasteiger charge is -2.03. The molecule has 2 nitrogen and oxygen atoms in total. The lowest BCUT2D eigenvalue weighted by atomic mass is 10.2. The third-order valence-electron chi connectivity index (χ3n) is 3.53. The van der Waals surface area contributed by atoms with Crippen LogP contribution in [0.2, 0.25) is 5.02 Å². The van der Waals surface area contributed by atoms with Crippen molar-refractivity contribution in [3.05, 3.63) is 72.0 Å². The van der Waals surface area contributed by atoms with Crippen LogP contribution in [0, 0.1) is 0 Å². The standard InChI is InChI=1S/C17H11ClN2/c18-17-13-8-4-5-9-15(13)20-11-14(19-10-16(17)20)12-6-2-1-3-7-12/h1-11H. The number of aromatic nitrogens is 2. The van der Waals surface area contributed by atoms with Crippen molar-refractivity contribution in [2.45, 2.75) is 0 Å². The molecule has 20 heavy (non-hydrogen) atoms. The molecule has 3 heteroatoms. The SMILES string of the molecule is Clc1c2ccccc2n2cc(-c3ccccc3)ncc12. The molecule has 0 atom stereocenters. The highest BCUT2D eigenvalue weighted by Gasteiger charge is 2.10. The molecule has 0 aliphatic rings. The van der Waals surface area contributed by atoms with Gasteiger partial charge in [0.05, 0.1) is 27.9 Å². The number of hydrogen-bond donors (Lipinski definition) is 0. The zero-order valence-electron chi connectivity index (χ0n) is 10.6. The van der Waals surface area contributed by atoms with Crippen LogP contribution in [0.25, 0.3) is 27.7 Å². The molecule has 0 radical (unpaired) electrons. The van der Waals surface area contributed by atoms with Gasteiger partial charge >= 0.3 is 0 Å². The molecule has 2 aromatic carbocycles. The first-order valence-corrected chi connectivity index (χ1v) is 6.82. The fourth-order valence-electron chi connectivity index (χ4n) is 2.55. The number of para-hydroxylation sites is 1. The van der Waals surface area contributed by atoms with E-state index in [1.165, 1.54) is 0 Å². The molecule has 96 valence electrons. The van der Waals surface area contributed by atoms with Crippen molar-refractivity contribution in [1.82, 2.24) is 9.38 Å². The summed E-state index contributed by atoms with van der Waals surface area (Å²) in [6.45, 7) is 0. The zero-order chi connectivity index (χ0) is 13.5. The van der Waals surface area contributed by atoms with E-state index in [0.29, 0.717) is 0 Å². The van der Waals surface area contributed by atoms with Gasteiger partial charge in [0, 0.05) is 17.1 Å². The molecule has 0 saturated heterocycles. The lowest BCUT2D eigenvalue weighted by Crippen LogP contribution is -1.90. The third-order valence-corrected chi connectivity index (χ3v) is 3.93. The Balaban J connectivity index is 2.07. The van der Waals surface area contributed by atoms with Gasteiger partial charge in [-0.1, -0.05) is 60.1 Å². The van der Waals surface area contributed by atoms with Gasteiger partial charge in [0.15, 0.2) is 0 Å². The summed E-state index contributed by atoms with van der Waals surface area (Å²) in [5, 5.41) is 1.81. The van der Waals surface area contributed by atoms with Crippen LogP contribution in [0.4, 0.5) is 0 Å². The molecule has 0 fully saturated rings. The number of nitrogens with zero attached hydrogens (tertiary/aromatic N) is 2. The Morgan fingerprint density at radius 2 is 1.60 bits per heavy atom. The zero-order valence-corrected chi connectivity index (χ0v) is 11.4. The molecule has 4 aromatic rings. The number of fused-ring (bicyclic) bond motifs is 3. The average Bonchev–Trinajstić information content (AvgIpc) is 2.81. The van der Waals surface area contributed by atoms with E-state index in [0.717, 1.165) is 32.7 Å². The summed E-state index contributed by atoms with van der Waals surface area (Å²) < 4.78 is 2.10. The minimum absolute atomic E-state index is 0.757. The van der Waals surface area contributed by atoms with Gasteiger partial charge in [-0.25, -0.2) is 0 Å². The van der Waals surface area contributed by atoms with Crippen LogP contribution in [0.3, 0.4) is 0 Å². The summed E-state index contributed by atoms with van der Waals surface area (Å²) in [4.78, 5) is 4.53. The molecule has 0 saturated carbocycles. The highest BCUT2D eigenvalue weighted by molar-refractivity contribution is 6.39. The highest BCUT2D eigenvalue weighted by Crippen LogP contribution is 2.31. The minimum Gasteiger partial charge on any atom is -0.312 e. The second-order valence-corrected chi connectivity index (χ2v) is 5.10. The smallest absolute Gasteiger partial charge is 0.0868 e. The monoisotopic (exact) mass is 278 g/mol. The van der Waals surface area contributed by atoms with Crippen molar-refractivity contribution in [2.24, 2.45) is 0 Å². The van der Waals surface area contributed by atoms with Crippen molar-refractivity contribution in [3.63, 3.8) is 0 Å². The van der Waals surface area contributed by atoms with E-state index in [1.807, 2.05) is 48.8 Å². The van der Waals surface area contributed by atoms with Crippen LogP contribution in [0.15, 0.2) is 67.0 Å². The number of halogens is 1. The Morgan fingerprint density at radius 1 is 0.850 bits per heavy atom. The van der Waals surface area contributed by atoms with Crippen LogP contribution < -0.4 is 0 Å². The van der Waals surface area contributed by atoms with E-state index in [9.17, 15) is 0 Å². The summed E-state index contributed by atoms with van der Waals surface area (Å²) in [6.07, 6.45) is 3.88. The van der Waals surface area contributed by atoms with E-state index < -0.39 is 0 Å². The fourth-order valence-corrected chi connectivity index (χ4v) is 2.84. The maximum atomic E-state index is 6.43. The highest BCUT2D eigenvalue weighted by atomic mass is 35.5. The molecule has 0 aliphatic heterocycles. The van der Waals surface area contributed by atoms with Crippen molar-refractivity contribution < 1.29 is 0 Å². The average molecular weight is 279 g/mol. The van der Waals surface area contributed by atoms with E-state index in [1.54, 1.807) is 0 Å². The number of hydrogen-bond acceptors (Lipinski definition) is 1. The summed E-state index contributed by atoms with van der Waals surface area (Å²) in [7, 11) is 0.